The van der Waals surface area contributed by atoms with E-state index in [-0.39, 0.29) is 30.6 Å². The van der Waals surface area contributed by atoms with E-state index in [2.05, 4.69) is 0 Å². The number of likely N-dealkylation sites (tertiary alicyclic amines) is 1. The molecule has 108 valence electrons. The second-order valence-electron chi connectivity index (χ2n) is 5.99. The van der Waals surface area contributed by atoms with Gasteiger partial charge in [0.25, 0.3) is 0 Å². The molecule has 6 heteroatoms. The minimum Gasteiger partial charge on any atom is -0.481 e. The van der Waals surface area contributed by atoms with Crippen LogP contribution in [0.5, 0.6) is 0 Å². The van der Waals surface area contributed by atoms with Crippen molar-refractivity contribution in [2.24, 2.45) is 17.1 Å². The van der Waals surface area contributed by atoms with Gasteiger partial charge >= 0.3 is 5.97 Å². The molecule has 0 spiro atoms. The Morgan fingerprint density at radius 1 is 1.32 bits per heavy atom. The third-order valence-corrected chi connectivity index (χ3v) is 3.44. The lowest BCUT2D eigenvalue weighted by molar-refractivity contribution is -0.141. The normalized spacial score (nSPS) is 20.1. The predicted molar refractivity (Wildman–Crippen MR) is 69.1 cm³/mol. The second kappa shape index (κ2) is 6.04. The van der Waals surface area contributed by atoms with E-state index < -0.39 is 11.4 Å². The number of hydrogen-bond acceptors (Lipinski definition) is 3. The first-order valence-electron chi connectivity index (χ1n) is 6.50. The predicted octanol–water partition coefficient (Wildman–Crippen LogP) is 0.601. The van der Waals surface area contributed by atoms with Crippen molar-refractivity contribution in [1.29, 1.82) is 0 Å². The Kier molecular flexibility index (Phi) is 4.91. The smallest absolute Gasteiger partial charge is 0.303 e. The average Bonchev–Trinajstić information content (AvgIpc) is 2.26. The van der Waals surface area contributed by atoms with Crippen LogP contribution in [0.4, 0.5) is 0 Å². The highest BCUT2D eigenvalue weighted by atomic mass is 16.4. The molecule has 19 heavy (non-hydrogen) atoms. The highest BCUT2D eigenvalue weighted by Gasteiger charge is 2.31. The lowest BCUT2D eigenvalue weighted by Crippen LogP contribution is -2.45. The van der Waals surface area contributed by atoms with Gasteiger partial charge in [-0.3, -0.25) is 14.4 Å². The minimum absolute atomic E-state index is 0.0498. The number of rotatable bonds is 5. The van der Waals surface area contributed by atoms with Crippen molar-refractivity contribution in [2.75, 3.05) is 13.1 Å². The standard InChI is InChI=1S/C13H22N2O4/c1-13(2,7-11(17)18)6-10(16)15-5-3-4-9(8-15)12(14)19/h9H,3-8H2,1-2H3,(H2,14,19)(H,17,18). The zero-order chi connectivity index (χ0) is 14.6. The molecule has 1 heterocycles. The zero-order valence-electron chi connectivity index (χ0n) is 11.5. The van der Waals surface area contributed by atoms with Crippen LogP contribution in [-0.2, 0) is 14.4 Å². The van der Waals surface area contributed by atoms with Crippen molar-refractivity contribution in [2.45, 2.75) is 39.5 Å². The molecule has 1 atom stereocenters. The molecular formula is C13H22N2O4. The largest absolute Gasteiger partial charge is 0.481 e. The summed E-state index contributed by atoms with van der Waals surface area (Å²) in [5.74, 6) is -1.66. The number of primary amides is 1. The van der Waals surface area contributed by atoms with Gasteiger partial charge in [-0.1, -0.05) is 13.8 Å². The molecule has 0 aliphatic carbocycles. The third kappa shape index (κ3) is 4.89. The number of amides is 2. The van der Waals surface area contributed by atoms with Gasteiger partial charge in [0.2, 0.25) is 11.8 Å². The van der Waals surface area contributed by atoms with E-state index in [0.717, 1.165) is 12.8 Å². The molecule has 1 aliphatic heterocycles. The summed E-state index contributed by atoms with van der Waals surface area (Å²) in [5, 5.41) is 8.80. The number of carbonyl (C=O) groups is 3. The van der Waals surface area contributed by atoms with Crippen LogP contribution < -0.4 is 5.73 Å². The van der Waals surface area contributed by atoms with E-state index in [4.69, 9.17) is 10.8 Å². The molecule has 0 aromatic heterocycles. The van der Waals surface area contributed by atoms with Crippen LogP contribution >= 0.6 is 0 Å². The van der Waals surface area contributed by atoms with Crippen LogP contribution in [0.1, 0.15) is 39.5 Å². The molecule has 1 fully saturated rings. The van der Waals surface area contributed by atoms with Crippen LogP contribution in [0.25, 0.3) is 0 Å². The molecule has 3 N–H and O–H groups in total. The molecule has 1 unspecified atom stereocenters. The summed E-state index contributed by atoms with van der Waals surface area (Å²) in [6, 6.07) is 0. The van der Waals surface area contributed by atoms with E-state index in [9.17, 15) is 14.4 Å². The van der Waals surface area contributed by atoms with E-state index in [1.54, 1.807) is 18.7 Å². The fourth-order valence-corrected chi connectivity index (χ4v) is 2.43. The summed E-state index contributed by atoms with van der Waals surface area (Å²) in [5.41, 5.74) is 4.69. The molecule has 0 aromatic carbocycles. The maximum absolute atomic E-state index is 12.1. The Morgan fingerprint density at radius 3 is 2.47 bits per heavy atom. The maximum Gasteiger partial charge on any atom is 0.303 e. The first-order chi connectivity index (χ1) is 8.71. The molecule has 1 saturated heterocycles. The summed E-state index contributed by atoms with van der Waals surface area (Å²) < 4.78 is 0. The molecule has 0 radical (unpaired) electrons. The quantitative estimate of drug-likeness (QED) is 0.764. The number of nitrogens with zero attached hydrogens (tertiary/aromatic N) is 1. The van der Waals surface area contributed by atoms with Gasteiger partial charge in [0.15, 0.2) is 0 Å². The van der Waals surface area contributed by atoms with Crippen LogP contribution in [0.3, 0.4) is 0 Å². The highest BCUT2D eigenvalue weighted by Crippen LogP contribution is 2.27. The molecular weight excluding hydrogens is 248 g/mol. The van der Waals surface area contributed by atoms with E-state index in [1.807, 2.05) is 0 Å². The van der Waals surface area contributed by atoms with Crippen molar-refractivity contribution >= 4 is 17.8 Å². The number of carboxylic acids is 1. The summed E-state index contributed by atoms with van der Waals surface area (Å²) in [6.45, 7) is 4.49. The van der Waals surface area contributed by atoms with Crippen molar-refractivity contribution in [3.8, 4) is 0 Å². The third-order valence-electron chi connectivity index (χ3n) is 3.44. The minimum atomic E-state index is -0.911. The van der Waals surface area contributed by atoms with Gasteiger partial charge in [-0.05, 0) is 18.3 Å². The summed E-state index contributed by atoms with van der Waals surface area (Å²) in [7, 11) is 0. The average molecular weight is 270 g/mol. The molecule has 2 amide bonds. The van der Waals surface area contributed by atoms with Gasteiger partial charge < -0.3 is 15.7 Å². The van der Waals surface area contributed by atoms with E-state index >= 15 is 0 Å². The van der Waals surface area contributed by atoms with Crippen molar-refractivity contribution in [3.63, 3.8) is 0 Å². The topological polar surface area (TPSA) is 101 Å². The molecule has 0 aromatic rings. The monoisotopic (exact) mass is 270 g/mol. The van der Waals surface area contributed by atoms with Crippen LogP contribution in [-0.4, -0.2) is 40.9 Å². The van der Waals surface area contributed by atoms with Gasteiger partial charge in [-0.25, -0.2) is 0 Å². The molecule has 0 bridgehead atoms. The highest BCUT2D eigenvalue weighted by molar-refractivity contribution is 5.81. The molecule has 0 saturated carbocycles. The molecule has 6 nitrogen and oxygen atoms in total. The van der Waals surface area contributed by atoms with Crippen molar-refractivity contribution in [3.05, 3.63) is 0 Å². The summed E-state index contributed by atoms with van der Waals surface area (Å²) in [4.78, 5) is 35.7. The zero-order valence-corrected chi connectivity index (χ0v) is 11.5. The van der Waals surface area contributed by atoms with Crippen LogP contribution in [0.15, 0.2) is 0 Å². The summed E-state index contributed by atoms with van der Waals surface area (Å²) >= 11 is 0. The van der Waals surface area contributed by atoms with Gasteiger partial charge in [-0.15, -0.1) is 0 Å². The Morgan fingerprint density at radius 2 is 1.95 bits per heavy atom. The van der Waals surface area contributed by atoms with Gasteiger partial charge in [0, 0.05) is 19.5 Å². The van der Waals surface area contributed by atoms with Crippen LogP contribution in [0.2, 0.25) is 0 Å². The lowest BCUT2D eigenvalue weighted by atomic mass is 9.84. The Labute approximate surface area is 112 Å². The van der Waals surface area contributed by atoms with E-state index in [1.165, 1.54) is 0 Å². The molecule has 1 aliphatic rings. The number of hydrogen-bond donors (Lipinski definition) is 2. The second-order valence-corrected chi connectivity index (χ2v) is 5.99. The first-order valence-corrected chi connectivity index (χ1v) is 6.50. The Hall–Kier alpha value is -1.59. The number of piperidine rings is 1. The number of aliphatic carboxylic acids is 1. The maximum atomic E-state index is 12.1. The summed E-state index contributed by atoms with van der Waals surface area (Å²) in [6.07, 6.45) is 1.60. The fraction of sp³-hybridized carbons (Fsp3) is 0.769. The van der Waals surface area contributed by atoms with Gasteiger partial charge in [0.1, 0.15) is 0 Å². The van der Waals surface area contributed by atoms with E-state index in [0.29, 0.717) is 13.1 Å². The lowest BCUT2D eigenvalue weighted by Gasteiger charge is -2.33. The number of carbonyl (C=O) groups excluding carboxylic acids is 2. The number of nitrogens with two attached hydrogens (primary N) is 1. The Balaban J connectivity index is 2.57. The first kappa shape index (κ1) is 15.5. The van der Waals surface area contributed by atoms with Crippen LogP contribution in [0, 0.1) is 11.3 Å². The SMILES string of the molecule is CC(C)(CC(=O)O)CC(=O)N1CCCC(C(N)=O)C1. The van der Waals surface area contributed by atoms with Gasteiger partial charge in [-0.2, -0.15) is 0 Å². The fourth-order valence-electron chi connectivity index (χ4n) is 2.43. The van der Waals surface area contributed by atoms with Crippen molar-refractivity contribution < 1.29 is 19.5 Å². The Bertz CT molecular complexity index is 379. The molecule has 1 rings (SSSR count). The number of carboxylic acid groups (broad SMARTS) is 1. The van der Waals surface area contributed by atoms with Crippen molar-refractivity contribution in [1.82, 2.24) is 4.90 Å². The van der Waals surface area contributed by atoms with Gasteiger partial charge in [0.05, 0.1) is 12.3 Å².